The Hall–Kier alpha value is -1.71. The molecule has 1 atom stereocenters. The number of nitrogens with zero attached hydrogens (tertiary/aromatic N) is 1. The molecular weight excluding hydrogens is 324 g/mol. The SMILES string of the molecule is CCC1CN(C(=O)NC23CC4CC(CC(C4)C2)C3)c2cc(C)ccc2O1. The molecule has 0 saturated heterocycles. The third kappa shape index (κ3) is 2.69. The molecule has 4 fully saturated rings. The van der Waals surface area contributed by atoms with E-state index < -0.39 is 0 Å². The third-order valence-corrected chi connectivity index (χ3v) is 7.20. The standard InChI is InChI=1S/C22H30N2O2/c1-3-18-13-24(19-6-14(2)4-5-20(19)26-18)21(25)23-22-10-15-7-16(11-22)9-17(8-15)12-22/h4-6,15-18H,3,7-13H2,1-2H3,(H,23,25). The minimum atomic E-state index is 0.0514. The van der Waals surface area contributed by atoms with E-state index in [1.165, 1.54) is 38.5 Å². The first kappa shape index (κ1) is 16.5. The van der Waals surface area contributed by atoms with Gasteiger partial charge in [0.2, 0.25) is 0 Å². The van der Waals surface area contributed by atoms with Crippen LogP contribution in [-0.2, 0) is 0 Å². The number of carbonyl (C=O) groups is 1. The molecule has 5 aliphatic rings. The second-order valence-corrected chi connectivity index (χ2v) is 9.36. The van der Waals surface area contributed by atoms with Crippen LogP contribution in [-0.4, -0.2) is 24.2 Å². The van der Waals surface area contributed by atoms with Crippen LogP contribution in [0.2, 0.25) is 0 Å². The normalized spacial score (nSPS) is 37.2. The summed E-state index contributed by atoms with van der Waals surface area (Å²) in [6.45, 7) is 4.84. The fourth-order valence-corrected chi connectivity index (χ4v) is 6.42. The molecule has 1 aliphatic heterocycles. The zero-order chi connectivity index (χ0) is 17.9. The largest absolute Gasteiger partial charge is 0.486 e. The molecule has 1 heterocycles. The molecule has 0 spiro atoms. The van der Waals surface area contributed by atoms with Crippen LogP contribution in [0.4, 0.5) is 10.5 Å². The van der Waals surface area contributed by atoms with Crippen molar-refractivity contribution >= 4 is 11.7 Å². The molecule has 4 bridgehead atoms. The number of benzene rings is 1. The highest BCUT2D eigenvalue weighted by Gasteiger charge is 2.52. The van der Waals surface area contributed by atoms with Crippen LogP contribution >= 0.6 is 0 Å². The van der Waals surface area contributed by atoms with Crippen LogP contribution in [0.3, 0.4) is 0 Å². The summed E-state index contributed by atoms with van der Waals surface area (Å²) in [5.74, 6) is 3.35. The summed E-state index contributed by atoms with van der Waals surface area (Å²) in [7, 11) is 0. The molecule has 4 saturated carbocycles. The molecule has 26 heavy (non-hydrogen) atoms. The van der Waals surface area contributed by atoms with Crippen molar-refractivity contribution in [2.75, 3.05) is 11.4 Å². The number of urea groups is 1. The van der Waals surface area contributed by atoms with Crippen molar-refractivity contribution < 1.29 is 9.53 Å². The Morgan fingerprint density at radius 1 is 1.19 bits per heavy atom. The number of aryl methyl sites for hydroxylation is 1. The topological polar surface area (TPSA) is 41.6 Å². The maximum Gasteiger partial charge on any atom is 0.322 e. The van der Waals surface area contributed by atoms with Gasteiger partial charge in [0, 0.05) is 5.54 Å². The van der Waals surface area contributed by atoms with E-state index >= 15 is 0 Å². The Labute approximate surface area is 156 Å². The van der Waals surface area contributed by atoms with E-state index in [0.717, 1.165) is 41.2 Å². The minimum absolute atomic E-state index is 0.0514. The zero-order valence-electron chi connectivity index (χ0n) is 16.0. The lowest BCUT2D eigenvalue weighted by atomic mass is 9.53. The van der Waals surface area contributed by atoms with Crippen LogP contribution in [0, 0.1) is 24.7 Å². The number of hydrogen-bond donors (Lipinski definition) is 1. The van der Waals surface area contributed by atoms with Gasteiger partial charge in [-0.15, -0.1) is 0 Å². The van der Waals surface area contributed by atoms with Crippen molar-refractivity contribution in [2.45, 2.75) is 70.4 Å². The van der Waals surface area contributed by atoms with Crippen LogP contribution < -0.4 is 15.0 Å². The van der Waals surface area contributed by atoms with Crippen molar-refractivity contribution in [3.05, 3.63) is 23.8 Å². The van der Waals surface area contributed by atoms with Gasteiger partial charge in [0.05, 0.1) is 12.2 Å². The molecule has 2 amide bonds. The summed E-state index contributed by atoms with van der Waals surface area (Å²) in [4.78, 5) is 15.3. The van der Waals surface area contributed by atoms with E-state index in [1.54, 1.807) is 0 Å². The lowest BCUT2D eigenvalue weighted by Crippen LogP contribution is -2.62. The number of ether oxygens (including phenoxy) is 1. The summed E-state index contributed by atoms with van der Waals surface area (Å²) in [5, 5.41) is 3.53. The maximum absolute atomic E-state index is 13.4. The summed E-state index contributed by atoms with van der Waals surface area (Å²) in [6, 6.07) is 6.24. The first-order valence-corrected chi connectivity index (χ1v) is 10.4. The van der Waals surface area contributed by atoms with Gasteiger partial charge in [0.25, 0.3) is 0 Å². The highest BCUT2D eigenvalue weighted by Crippen LogP contribution is 2.55. The van der Waals surface area contributed by atoms with E-state index in [2.05, 4.69) is 31.3 Å². The predicted octanol–water partition coefficient (Wildman–Crippen LogP) is 4.65. The average Bonchev–Trinajstić information content (AvgIpc) is 2.59. The van der Waals surface area contributed by atoms with Crippen molar-refractivity contribution in [1.29, 1.82) is 0 Å². The number of fused-ring (bicyclic) bond motifs is 1. The van der Waals surface area contributed by atoms with Gasteiger partial charge >= 0.3 is 6.03 Å². The molecule has 1 aromatic rings. The van der Waals surface area contributed by atoms with E-state index in [0.29, 0.717) is 6.54 Å². The highest BCUT2D eigenvalue weighted by atomic mass is 16.5. The minimum Gasteiger partial charge on any atom is -0.486 e. The van der Waals surface area contributed by atoms with Gasteiger partial charge in [-0.2, -0.15) is 0 Å². The Kier molecular flexibility index (Phi) is 3.74. The summed E-state index contributed by atoms with van der Waals surface area (Å²) < 4.78 is 6.09. The van der Waals surface area contributed by atoms with Gasteiger partial charge in [-0.3, -0.25) is 4.90 Å². The molecule has 4 aliphatic carbocycles. The molecular formula is C22H30N2O2. The van der Waals surface area contributed by atoms with Gasteiger partial charge in [0.15, 0.2) is 0 Å². The van der Waals surface area contributed by atoms with Crippen LogP contribution in [0.25, 0.3) is 0 Å². The fraction of sp³-hybridized carbons (Fsp3) is 0.682. The lowest BCUT2D eigenvalue weighted by Gasteiger charge is -2.57. The maximum atomic E-state index is 13.4. The van der Waals surface area contributed by atoms with Crippen LogP contribution in [0.1, 0.15) is 57.4 Å². The summed E-state index contributed by atoms with van der Waals surface area (Å²) in [5.41, 5.74) is 2.14. The molecule has 1 aromatic carbocycles. The second kappa shape index (κ2) is 5.90. The number of amides is 2. The molecule has 1 unspecified atom stereocenters. The van der Waals surface area contributed by atoms with E-state index in [-0.39, 0.29) is 17.7 Å². The number of rotatable bonds is 2. The average molecular weight is 354 g/mol. The van der Waals surface area contributed by atoms with Crippen LogP contribution in [0.15, 0.2) is 18.2 Å². The van der Waals surface area contributed by atoms with Crippen LogP contribution in [0.5, 0.6) is 5.75 Å². The first-order chi connectivity index (χ1) is 12.5. The third-order valence-electron chi connectivity index (χ3n) is 7.20. The van der Waals surface area contributed by atoms with Crippen molar-refractivity contribution in [3.63, 3.8) is 0 Å². The highest BCUT2D eigenvalue weighted by molar-refractivity contribution is 5.94. The van der Waals surface area contributed by atoms with Gasteiger partial charge in [-0.1, -0.05) is 13.0 Å². The number of nitrogens with one attached hydrogen (secondary N) is 1. The van der Waals surface area contributed by atoms with E-state index in [1.807, 2.05) is 11.0 Å². The van der Waals surface area contributed by atoms with Crippen molar-refractivity contribution in [2.24, 2.45) is 17.8 Å². The predicted molar refractivity (Wildman–Crippen MR) is 103 cm³/mol. The smallest absolute Gasteiger partial charge is 0.322 e. The Bertz CT molecular complexity index is 694. The second-order valence-electron chi connectivity index (χ2n) is 9.36. The molecule has 0 aromatic heterocycles. The molecule has 140 valence electrons. The molecule has 4 heteroatoms. The number of carbonyl (C=O) groups excluding carboxylic acids is 1. The monoisotopic (exact) mass is 354 g/mol. The van der Waals surface area contributed by atoms with E-state index in [9.17, 15) is 4.79 Å². The Balaban J connectivity index is 1.41. The number of anilines is 1. The van der Waals surface area contributed by atoms with Crippen molar-refractivity contribution in [3.8, 4) is 5.75 Å². The lowest BCUT2D eigenvalue weighted by molar-refractivity contribution is -0.0132. The summed E-state index contributed by atoms with van der Waals surface area (Å²) >= 11 is 0. The molecule has 6 rings (SSSR count). The Morgan fingerprint density at radius 3 is 2.46 bits per heavy atom. The number of hydrogen-bond acceptors (Lipinski definition) is 2. The molecule has 1 N–H and O–H groups in total. The molecule has 4 nitrogen and oxygen atoms in total. The zero-order valence-corrected chi connectivity index (χ0v) is 16.0. The first-order valence-electron chi connectivity index (χ1n) is 10.4. The fourth-order valence-electron chi connectivity index (χ4n) is 6.42. The van der Waals surface area contributed by atoms with Gasteiger partial charge in [-0.05, 0) is 87.3 Å². The molecule has 0 radical (unpaired) electrons. The Morgan fingerprint density at radius 2 is 1.85 bits per heavy atom. The van der Waals surface area contributed by atoms with Gasteiger partial charge < -0.3 is 10.1 Å². The van der Waals surface area contributed by atoms with Crippen molar-refractivity contribution in [1.82, 2.24) is 5.32 Å². The quantitative estimate of drug-likeness (QED) is 0.840. The van der Waals surface area contributed by atoms with E-state index in [4.69, 9.17) is 4.74 Å². The summed E-state index contributed by atoms with van der Waals surface area (Å²) in [6.07, 6.45) is 8.74. The van der Waals surface area contributed by atoms with Gasteiger partial charge in [-0.25, -0.2) is 4.79 Å². The van der Waals surface area contributed by atoms with Gasteiger partial charge in [0.1, 0.15) is 11.9 Å².